The van der Waals surface area contributed by atoms with Crippen molar-refractivity contribution in [3.05, 3.63) is 35.0 Å². The molecular weight excluding hydrogens is 446 g/mol. The van der Waals surface area contributed by atoms with Crippen molar-refractivity contribution in [1.82, 2.24) is 15.0 Å². The van der Waals surface area contributed by atoms with E-state index in [1.54, 1.807) is 12.4 Å². The summed E-state index contributed by atoms with van der Waals surface area (Å²) in [6.45, 7) is 1.95. The number of fused-ring (bicyclic) bond motifs is 3. The second-order valence-electron chi connectivity index (χ2n) is 9.81. The average molecular weight is 474 g/mol. The largest absolute Gasteiger partial charge is 0.394 e. The lowest BCUT2D eigenvalue weighted by Gasteiger charge is -2.42. The lowest BCUT2D eigenvalue weighted by atomic mass is 9.77. The maximum Gasteiger partial charge on any atom is 0.132 e. The summed E-state index contributed by atoms with van der Waals surface area (Å²) in [5.74, 6) is 3.86. The molecule has 2 bridgehead atoms. The Hall–Kier alpha value is -1.77. The first-order valence-corrected chi connectivity index (χ1v) is 13.3. The molecule has 2 aromatic rings. The van der Waals surface area contributed by atoms with Crippen LogP contribution in [-0.2, 0) is 17.2 Å². The van der Waals surface area contributed by atoms with Crippen LogP contribution in [0.3, 0.4) is 0 Å². The molecular formula is C23H28ClN5O2S. The predicted molar refractivity (Wildman–Crippen MR) is 125 cm³/mol. The van der Waals surface area contributed by atoms with Gasteiger partial charge < -0.3 is 15.3 Å². The zero-order valence-electron chi connectivity index (χ0n) is 18.0. The second-order valence-corrected chi connectivity index (χ2v) is 11.8. The Morgan fingerprint density at radius 3 is 2.56 bits per heavy atom. The Kier molecular flexibility index (Phi) is 5.15. The first-order chi connectivity index (χ1) is 15.5. The Labute approximate surface area is 195 Å². The van der Waals surface area contributed by atoms with E-state index in [0.29, 0.717) is 28.5 Å². The van der Waals surface area contributed by atoms with Gasteiger partial charge in [0.2, 0.25) is 0 Å². The van der Waals surface area contributed by atoms with Crippen molar-refractivity contribution in [3.8, 4) is 0 Å². The Morgan fingerprint density at radius 1 is 1.22 bits per heavy atom. The number of rotatable bonds is 5. The molecule has 2 aromatic heterocycles. The molecule has 32 heavy (non-hydrogen) atoms. The maximum absolute atomic E-state index is 12.7. The fraction of sp³-hybridized carbons (Fsp3) is 0.609. The lowest BCUT2D eigenvalue weighted by Crippen LogP contribution is -2.48. The molecule has 0 amide bonds. The van der Waals surface area contributed by atoms with Gasteiger partial charge >= 0.3 is 0 Å². The van der Waals surface area contributed by atoms with Gasteiger partial charge in [0, 0.05) is 49.6 Å². The van der Waals surface area contributed by atoms with Gasteiger partial charge in [0.15, 0.2) is 0 Å². The zero-order chi connectivity index (χ0) is 21.9. The third kappa shape index (κ3) is 3.42. The number of anilines is 2. The number of hydrogen-bond donors (Lipinski definition) is 2. The van der Waals surface area contributed by atoms with Crippen molar-refractivity contribution in [2.75, 3.05) is 35.7 Å². The SMILES string of the molecule is O=[S@]1CCc2nc(N3CC4CCC(C3)C4c3ncc(Cl)cn3)cc(NC3(CO)CCC3)c21. The number of piperidine rings is 1. The van der Waals surface area contributed by atoms with E-state index in [1.165, 1.54) is 12.8 Å². The molecule has 2 aliphatic heterocycles. The van der Waals surface area contributed by atoms with Gasteiger partial charge in [0.1, 0.15) is 11.6 Å². The van der Waals surface area contributed by atoms with Gasteiger partial charge in [0.25, 0.3) is 0 Å². The summed E-state index contributed by atoms with van der Waals surface area (Å²) in [7, 11) is -1.02. The van der Waals surface area contributed by atoms with Crippen LogP contribution >= 0.6 is 11.6 Å². The van der Waals surface area contributed by atoms with Crippen LogP contribution in [0.1, 0.15) is 49.5 Å². The first-order valence-electron chi connectivity index (χ1n) is 11.6. The van der Waals surface area contributed by atoms with Gasteiger partial charge in [-0.1, -0.05) is 11.6 Å². The van der Waals surface area contributed by atoms with Crippen LogP contribution < -0.4 is 10.2 Å². The maximum atomic E-state index is 12.7. The van der Waals surface area contributed by atoms with E-state index in [4.69, 9.17) is 16.6 Å². The molecule has 4 heterocycles. The van der Waals surface area contributed by atoms with Crippen LogP contribution in [0.25, 0.3) is 0 Å². The summed E-state index contributed by atoms with van der Waals surface area (Å²) >= 11 is 6.00. The number of pyridine rings is 1. The average Bonchev–Trinajstić information content (AvgIpc) is 3.27. The molecule has 4 aliphatic rings. The van der Waals surface area contributed by atoms with Crippen molar-refractivity contribution in [1.29, 1.82) is 0 Å². The Bertz CT molecular complexity index is 1040. The molecule has 9 heteroatoms. The van der Waals surface area contributed by atoms with E-state index < -0.39 is 10.8 Å². The van der Waals surface area contributed by atoms with E-state index in [2.05, 4.69) is 26.3 Å². The fourth-order valence-electron chi connectivity index (χ4n) is 6.08. The normalized spacial score (nSPS) is 30.1. The highest BCUT2D eigenvalue weighted by Gasteiger charge is 2.45. The molecule has 2 aliphatic carbocycles. The molecule has 3 fully saturated rings. The van der Waals surface area contributed by atoms with E-state index in [0.717, 1.165) is 66.7 Å². The van der Waals surface area contributed by atoms with Gasteiger partial charge in [-0.2, -0.15) is 0 Å². The van der Waals surface area contributed by atoms with E-state index in [1.807, 2.05) is 0 Å². The van der Waals surface area contributed by atoms with Crippen LogP contribution in [0, 0.1) is 11.8 Å². The van der Waals surface area contributed by atoms with Crippen LogP contribution in [-0.4, -0.2) is 55.3 Å². The number of hydrogen-bond acceptors (Lipinski definition) is 7. The molecule has 2 unspecified atom stereocenters. The molecule has 0 spiro atoms. The number of nitrogens with zero attached hydrogens (tertiary/aromatic N) is 4. The topological polar surface area (TPSA) is 91.2 Å². The van der Waals surface area contributed by atoms with Gasteiger partial charge in [-0.05, 0) is 43.9 Å². The van der Waals surface area contributed by atoms with Crippen LogP contribution in [0.15, 0.2) is 23.4 Å². The minimum Gasteiger partial charge on any atom is -0.394 e. The predicted octanol–water partition coefficient (Wildman–Crippen LogP) is 3.15. The van der Waals surface area contributed by atoms with Crippen LogP contribution in [0.5, 0.6) is 0 Å². The summed E-state index contributed by atoms with van der Waals surface area (Å²) in [5, 5.41) is 14.1. The zero-order valence-corrected chi connectivity index (χ0v) is 19.5. The van der Waals surface area contributed by atoms with Crippen molar-refractivity contribution >= 4 is 33.9 Å². The third-order valence-electron chi connectivity index (χ3n) is 7.89. The third-order valence-corrected chi connectivity index (χ3v) is 9.57. The second kappa shape index (κ2) is 7.92. The minimum atomic E-state index is -1.02. The monoisotopic (exact) mass is 473 g/mol. The molecule has 0 aromatic carbocycles. The summed E-state index contributed by atoms with van der Waals surface area (Å²) in [5.41, 5.74) is 1.58. The summed E-state index contributed by atoms with van der Waals surface area (Å²) in [4.78, 5) is 17.3. The summed E-state index contributed by atoms with van der Waals surface area (Å²) in [6.07, 6.45) is 9.49. The van der Waals surface area contributed by atoms with E-state index in [9.17, 15) is 9.32 Å². The Balaban J connectivity index is 1.30. The molecule has 3 atom stereocenters. The number of aliphatic hydroxyl groups is 1. The fourth-order valence-corrected chi connectivity index (χ4v) is 7.52. The van der Waals surface area contributed by atoms with Crippen LogP contribution in [0.2, 0.25) is 5.02 Å². The minimum absolute atomic E-state index is 0.0999. The summed E-state index contributed by atoms with van der Waals surface area (Å²) < 4.78 is 12.7. The number of aryl methyl sites for hydroxylation is 1. The van der Waals surface area contributed by atoms with Crippen molar-refractivity contribution < 1.29 is 9.32 Å². The molecule has 0 radical (unpaired) electrons. The highest BCUT2D eigenvalue weighted by atomic mass is 35.5. The molecule has 2 saturated carbocycles. The lowest BCUT2D eigenvalue weighted by molar-refractivity contribution is 0.144. The highest BCUT2D eigenvalue weighted by molar-refractivity contribution is 7.85. The van der Waals surface area contributed by atoms with E-state index in [-0.39, 0.29) is 12.1 Å². The van der Waals surface area contributed by atoms with E-state index >= 15 is 0 Å². The van der Waals surface area contributed by atoms with Gasteiger partial charge in [0.05, 0.1) is 44.2 Å². The standard InChI is InChI=1S/C23H28ClN5O2S/c24-16-9-25-22(26-10-16)20-14-2-3-15(20)12-29(11-14)19-8-18(28-23(13-30)5-1-6-23)21-17(27-19)4-7-32(21)31/h8-10,14-15,20,30H,1-7,11-13H2,(H,27,28)/t14?,15?,20?,32-/m0/s1. The molecule has 1 saturated heterocycles. The molecule has 6 rings (SSSR count). The molecule has 170 valence electrons. The smallest absolute Gasteiger partial charge is 0.132 e. The summed E-state index contributed by atoms with van der Waals surface area (Å²) in [6, 6.07) is 2.08. The molecule has 2 N–H and O–H groups in total. The Morgan fingerprint density at radius 2 is 1.94 bits per heavy atom. The van der Waals surface area contributed by atoms with Crippen molar-refractivity contribution in [2.24, 2.45) is 11.8 Å². The van der Waals surface area contributed by atoms with Crippen molar-refractivity contribution in [2.45, 2.75) is 54.9 Å². The number of aliphatic hydroxyl groups excluding tert-OH is 1. The van der Waals surface area contributed by atoms with Crippen LogP contribution in [0.4, 0.5) is 11.5 Å². The highest BCUT2D eigenvalue weighted by Crippen LogP contribution is 2.48. The quantitative estimate of drug-likeness (QED) is 0.689. The number of nitrogens with one attached hydrogen (secondary N) is 1. The van der Waals surface area contributed by atoms with Gasteiger partial charge in [-0.25, -0.2) is 15.0 Å². The number of aromatic nitrogens is 3. The van der Waals surface area contributed by atoms with Gasteiger partial charge in [-0.3, -0.25) is 4.21 Å². The first kappa shape index (κ1) is 20.8. The van der Waals surface area contributed by atoms with Crippen molar-refractivity contribution in [3.63, 3.8) is 0 Å². The molecule has 7 nitrogen and oxygen atoms in total. The number of halogens is 1. The van der Waals surface area contributed by atoms with Gasteiger partial charge in [-0.15, -0.1) is 0 Å².